The number of hydrogen-bond donors (Lipinski definition) is 3. The second-order valence-electron chi connectivity index (χ2n) is 8.27. The van der Waals surface area contributed by atoms with Gasteiger partial charge < -0.3 is 16.2 Å². The first-order valence-corrected chi connectivity index (χ1v) is 11.0. The highest BCUT2D eigenvalue weighted by Crippen LogP contribution is 2.33. The Morgan fingerprint density at radius 3 is 2.29 bits per heavy atom. The third kappa shape index (κ3) is 6.62. The lowest BCUT2D eigenvalue weighted by molar-refractivity contribution is -0.137. The van der Waals surface area contributed by atoms with Crippen molar-refractivity contribution in [2.45, 2.75) is 37.6 Å². The molecule has 0 aliphatic heterocycles. The number of allylic oxidation sites excluding steroid dienone is 1. The molecular weight excluding hydrogens is 544 g/mol. The van der Waals surface area contributed by atoms with Crippen LogP contribution in [0, 0.1) is 0 Å². The number of nitrogens with two attached hydrogens (primary N) is 1. The van der Waals surface area contributed by atoms with Gasteiger partial charge >= 0.3 is 18.0 Å². The number of halogens is 7. The molecule has 0 aliphatic carbocycles. The Kier molecular flexibility index (Phi) is 8.10. The summed E-state index contributed by atoms with van der Waals surface area (Å²) in [5.74, 6) is -1.27. The number of rotatable bonds is 7. The van der Waals surface area contributed by atoms with Gasteiger partial charge in [-0.05, 0) is 48.9 Å². The van der Waals surface area contributed by atoms with Crippen LogP contribution in [0.1, 0.15) is 18.1 Å². The third-order valence-corrected chi connectivity index (χ3v) is 5.71. The number of benzene rings is 2. The van der Waals surface area contributed by atoms with Crippen LogP contribution in [0.5, 0.6) is 0 Å². The predicted molar refractivity (Wildman–Crippen MR) is 125 cm³/mol. The van der Waals surface area contributed by atoms with Crippen LogP contribution in [0.15, 0.2) is 59.4 Å². The number of hydrogen-bond acceptors (Lipinski definition) is 5. The van der Waals surface area contributed by atoms with Crippen molar-refractivity contribution in [3.63, 3.8) is 0 Å². The summed E-state index contributed by atoms with van der Waals surface area (Å²) in [6.07, 6.45) is -11.1. The molecule has 0 aliphatic rings. The van der Waals surface area contributed by atoms with Gasteiger partial charge in [0.25, 0.3) is 0 Å². The molecule has 0 spiro atoms. The Bertz CT molecular complexity index is 1400. The largest absolute Gasteiger partial charge is 0.416 e. The second-order valence-corrected chi connectivity index (χ2v) is 8.71. The summed E-state index contributed by atoms with van der Waals surface area (Å²) >= 11 is 5.83. The number of aliphatic hydroxyl groups is 1. The summed E-state index contributed by atoms with van der Waals surface area (Å²) in [4.78, 5) is 25.7. The molecule has 3 aromatic rings. The van der Waals surface area contributed by atoms with Gasteiger partial charge in [-0.2, -0.15) is 26.3 Å². The number of amides is 1. The first-order valence-electron chi connectivity index (χ1n) is 10.6. The SMILES string of the molecule is C[C@@](NC(=O)Cn1nc(-c2ccc(Cl)cc2)n(/C=C/C(F)(F)F)c1=O)(c1cccc(C(F)(F)F)c1)C(N)O. The van der Waals surface area contributed by atoms with Gasteiger partial charge in [-0.3, -0.25) is 4.79 Å². The minimum atomic E-state index is -4.76. The molecule has 0 saturated heterocycles. The molecule has 15 heteroatoms. The van der Waals surface area contributed by atoms with Crippen LogP contribution >= 0.6 is 11.6 Å². The van der Waals surface area contributed by atoms with E-state index >= 15 is 0 Å². The average molecular weight is 564 g/mol. The fourth-order valence-electron chi connectivity index (χ4n) is 3.41. The second kappa shape index (κ2) is 10.6. The molecule has 1 unspecified atom stereocenters. The smallest absolute Gasteiger partial charge is 0.376 e. The van der Waals surface area contributed by atoms with Gasteiger partial charge in [0.15, 0.2) is 5.82 Å². The van der Waals surface area contributed by atoms with E-state index in [4.69, 9.17) is 17.3 Å². The monoisotopic (exact) mass is 563 g/mol. The van der Waals surface area contributed by atoms with Crippen molar-refractivity contribution < 1.29 is 36.2 Å². The van der Waals surface area contributed by atoms with Gasteiger partial charge in [0.2, 0.25) is 5.91 Å². The maximum Gasteiger partial charge on any atom is 0.416 e. The Labute approximate surface area is 215 Å². The van der Waals surface area contributed by atoms with Gasteiger partial charge in [-0.15, -0.1) is 5.10 Å². The van der Waals surface area contributed by atoms with Crippen LogP contribution < -0.4 is 16.7 Å². The summed E-state index contributed by atoms with van der Waals surface area (Å²) in [6.45, 7) is 0.297. The van der Waals surface area contributed by atoms with Crippen molar-refractivity contribution in [2.24, 2.45) is 5.73 Å². The maximum absolute atomic E-state index is 13.2. The summed E-state index contributed by atoms with van der Waals surface area (Å²) in [7, 11) is 0. The van der Waals surface area contributed by atoms with Gasteiger partial charge in [0.1, 0.15) is 18.3 Å². The van der Waals surface area contributed by atoms with Crippen molar-refractivity contribution in [3.05, 3.63) is 81.2 Å². The number of aliphatic hydroxyl groups excluding tert-OH is 1. The minimum absolute atomic E-state index is 0.191. The number of carbonyl (C=O) groups excluding carboxylic acids is 1. The highest BCUT2D eigenvalue weighted by atomic mass is 35.5. The quantitative estimate of drug-likeness (QED) is 0.299. The van der Waals surface area contributed by atoms with Gasteiger partial charge in [0.05, 0.1) is 5.56 Å². The van der Waals surface area contributed by atoms with Crippen LogP contribution in [0.2, 0.25) is 5.02 Å². The molecule has 0 saturated carbocycles. The zero-order chi connectivity index (χ0) is 28.5. The van der Waals surface area contributed by atoms with Gasteiger partial charge in [0, 0.05) is 22.9 Å². The Morgan fingerprint density at radius 2 is 1.74 bits per heavy atom. The predicted octanol–water partition coefficient (Wildman–Crippen LogP) is 3.73. The van der Waals surface area contributed by atoms with Gasteiger partial charge in [-0.25, -0.2) is 14.0 Å². The molecule has 1 heterocycles. The topological polar surface area (TPSA) is 115 Å². The molecule has 2 aromatic carbocycles. The summed E-state index contributed by atoms with van der Waals surface area (Å²) < 4.78 is 79.0. The van der Waals surface area contributed by atoms with Crippen LogP contribution in [-0.4, -0.2) is 37.8 Å². The Balaban J connectivity index is 1.98. The average Bonchev–Trinajstić information content (AvgIpc) is 3.11. The normalized spacial score (nSPS) is 14.9. The van der Waals surface area contributed by atoms with Gasteiger partial charge in [-0.1, -0.05) is 23.7 Å². The van der Waals surface area contributed by atoms with E-state index in [2.05, 4.69) is 10.4 Å². The van der Waals surface area contributed by atoms with Crippen molar-refractivity contribution in [2.75, 3.05) is 0 Å². The van der Waals surface area contributed by atoms with E-state index in [0.29, 0.717) is 26.5 Å². The lowest BCUT2D eigenvalue weighted by Gasteiger charge is -2.34. The molecular formula is C23H20ClF6N5O3. The number of alkyl halides is 6. The molecule has 2 atom stereocenters. The van der Waals surface area contributed by atoms with E-state index in [0.717, 1.165) is 19.1 Å². The van der Waals surface area contributed by atoms with E-state index in [1.165, 1.54) is 30.3 Å². The van der Waals surface area contributed by atoms with Crippen molar-refractivity contribution in [3.8, 4) is 11.4 Å². The molecule has 4 N–H and O–H groups in total. The molecule has 8 nitrogen and oxygen atoms in total. The molecule has 0 fully saturated rings. The van der Waals surface area contributed by atoms with E-state index in [-0.39, 0.29) is 23.0 Å². The van der Waals surface area contributed by atoms with E-state index in [9.17, 15) is 41.0 Å². The van der Waals surface area contributed by atoms with Crippen LogP contribution in [0.4, 0.5) is 26.3 Å². The molecule has 1 aromatic heterocycles. The molecule has 1 amide bonds. The summed E-state index contributed by atoms with van der Waals surface area (Å²) in [6, 6.07) is 9.34. The van der Waals surface area contributed by atoms with Crippen molar-refractivity contribution >= 4 is 23.7 Å². The highest BCUT2D eigenvalue weighted by molar-refractivity contribution is 6.30. The first kappa shape index (κ1) is 28.9. The van der Waals surface area contributed by atoms with E-state index < -0.39 is 47.8 Å². The molecule has 0 bridgehead atoms. The number of nitrogens with one attached hydrogen (secondary N) is 1. The number of aromatic nitrogens is 3. The van der Waals surface area contributed by atoms with Crippen LogP contribution in [0.3, 0.4) is 0 Å². The van der Waals surface area contributed by atoms with E-state index in [1.54, 1.807) is 0 Å². The maximum atomic E-state index is 13.2. The highest BCUT2D eigenvalue weighted by Gasteiger charge is 2.38. The molecule has 3 rings (SSSR count). The lowest BCUT2D eigenvalue weighted by Crippen LogP contribution is -2.56. The fourth-order valence-corrected chi connectivity index (χ4v) is 3.54. The Hall–Kier alpha value is -3.62. The fraction of sp³-hybridized carbons (Fsp3) is 0.261. The zero-order valence-corrected chi connectivity index (χ0v) is 20.1. The minimum Gasteiger partial charge on any atom is -0.376 e. The summed E-state index contributed by atoms with van der Waals surface area (Å²) in [5, 5.41) is 16.7. The first-order chi connectivity index (χ1) is 17.5. The number of carbonyl (C=O) groups is 1. The number of nitrogens with zero attached hydrogens (tertiary/aromatic N) is 3. The molecule has 0 radical (unpaired) electrons. The third-order valence-electron chi connectivity index (χ3n) is 5.46. The zero-order valence-electron chi connectivity index (χ0n) is 19.4. The van der Waals surface area contributed by atoms with Crippen molar-refractivity contribution in [1.82, 2.24) is 19.7 Å². The van der Waals surface area contributed by atoms with Crippen LogP contribution in [-0.2, 0) is 23.1 Å². The standard InChI is InChI=1S/C23H20ClF6N5O3/c1-21(19(31)37,14-3-2-4-15(11-14)23(28,29)30)32-17(36)12-35-20(38)34(10-9-22(25,26)27)18(33-35)13-5-7-16(24)8-6-13/h2-11,19,37H,12,31H2,1H3,(H,32,36)/b10-9+/t19?,21-/m1/s1. The Morgan fingerprint density at radius 1 is 1.13 bits per heavy atom. The lowest BCUT2D eigenvalue weighted by atomic mass is 9.89. The summed E-state index contributed by atoms with van der Waals surface area (Å²) in [5.41, 5.74) is 1.45. The van der Waals surface area contributed by atoms with Crippen LogP contribution in [0.25, 0.3) is 17.6 Å². The van der Waals surface area contributed by atoms with Crippen molar-refractivity contribution in [1.29, 1.82) is 0 Å². The molecule has 204 valence electrons. The van der Waals surface area contributed by atoms with E-state index in [1.807, 2.05) is 0 Å². The molecule has 38 heavy (non-hydrogen) atoms.